The molecule has 1 atom stereocenters. The van der Waals surface area contributed by atoms with Crippen molar-refractivity contribution in [2.45, 2.75) is 56.5 Å². The molecule has 0 spiro atoms. The molecule has 0 aromatic heterocycles. The van der Waals surface area contributed by atoms with Crippen LogP contribution in [-0.2, 0) is 11.7 Å². The molecule has 0 bridgehead atoms. The molecule has 25 heavy (non-hydrogen) atoms. The Bertz CT molecular complexity index is 631. The first-order chi connectivity index (χ1) is 11.5. The Morgan fingerprint density at radius 2 is 1.92 bits per heavy atom. The third-order valence-corrected chi connectivity index (χ3v) is 5.08. The van der Waals surface area contributed by atoms with Gasteiger partial charge in [0.05, 0.1) is 11.2 Å². The number of nitrogens with one attached hydrogen (secondary N) is 1. The summed E-state index contributed by atoms with van der Waals surface area (Å²) in [5.41, 5.74) is -2.26. The van der Waals surface area contributed by atoms with Crippen molar-refractivity contribution in [2.75, 3.05) is 19.6 Å². The van der Waals surface area contributed by atoms with Crippen LogP contribution in [-0.4, -0.2) is 41.3 Å². The van der Waals surface area contributed by atoms with Crippen LogP contribution in [0.1, 0.15) is 44.2 Å². The Morgan fingerprint density at radius 1 is 1.28 bits per heavy atom. The quantitative estimate of drug-likeness (QED) is 0.765. The zero-order chi connectivity index (χ0) is 18.5. The fourth-order valence-electron chi connectivity index (χ4n) is 3.57. The van der Waals surface area contributed by atoms with Crippen molar-refractivity contribution < 1.29 is 22.7 Å². The lowest BCUT2D eigenvalue weighted by atomic mass is 9.95. The summed E-state index contributed by atoms with van der Waals surface area (Å²) >= 11 is 0. The predicted molar refractivity (Wildman–Crippen MR) is 86.6 cm³/mol. The summed E-state index contributed by atoms with van der Waals surface area (Å²) in [6.07, 6.45) is -2.29. The van der Waals surface area contributed by atoms with Gasteiger partial charge in [0.25, 0.3) is 0 Å². The highest BCUT2D eigenvalue weighted by atomic mass is 19.4. The minimum absolute atomic E-state index is 0.280. The Morgan fingerprint density at radius 3 is 2.36 bits per heavy atom. The van der Waals surface area contributed by atoms with Crippen molar-refractivity contribution >= 4 is 0 Å². The van der Waals surface area contributed by atoms with E-state index < -0.39 is 28.7 Å². The highest BCUT2D eigenvalue weighted by Gasteiger charge is 2.51. The smallest absolute Gasteiger partial charge is 0.389 e. The van der Waals surface area contributed by atoms with Crippen LogP contribution in [0.3, 0.4) is 0 Å². The minimum Gasteiger partial charge on any atom is -0.389 e. The van der Waals surface area contributed by atoms with Gasteiger partial charge < -0.3 is 10.4 Å². The number of halogens is 4. The first kappa shape index (κ1) is 18.6. The van der Waals surface area contributed by atoms with Crippen LogP contribution in [0.15, 0.2) is 18.2 Å². The van der Waals surface area contributed by atoms with Crippen molar-refractivity contribution in [3.63, 3.8) is 0 Å². The first-order valence-electron chi connectivity index (χ1n) is 8.59. The number of alkyl halides is 3. The van der Waals surface area contributed by atoms with Gasteiger partial charge in [0, 0.05) is 24.7 Å². The second-order valence-corrected chi connectivity index (χ2v) is 7.86. The molecule has 0 radical (unpaired) electrons. The maximum atomic E-state index is 13.6. The van der Waals surface area contributed by atoms with Gasteiger partial charge in [-0.15, -0.1) is 0 Å². The molecular weight excluding hydrogens is 336 g/mol. The number of nitrogens with zero attached hydrogens (tertiary/aromatic N) is 1. The zero-order valence-electron chi connectivity index (χ0n) is 14.5. The molecule has 1 aromatic rings. The van der Waals surface area contributed by atoms with Gasteiger partial charge >= 0.3 is 6.18 Å². The minimum atomic E-state index is -4.72. The molecule has 1 aliphatic heterocycles. The van der Waals surface area contributed by atoms with Crippen LogP contribution in [0.25, 0.3) is 0 Å². The average molecular weight is 360 g/mol. The monoisotopic (exact) mass is 360 g/mol. The van der Waals surface area contributed by atoms with Gasteiger partial charge in [-0.2, -0.15) is 13.2 Å². The van der Waals surface area contributed by atoms with Crippen LogP contribution < -0.4 is 5.32 Å². The summed E-state index contributed by atoms with van der Waals surface area (Å²) in [6.45, 7) is 5.32. The normalized spacial score (nSPS) is 22.8. The number of hydrogen-bond acceptors (Lipinski definition) is 3. The lowest BCUT2D eigenvalue weighted by molar-refractivity contribution is -0.140. The molecule has 1 heterocycles. The highest BCUT2D eigenvalue weighted by molar-refractivity contribution is 5.36. The van der Waals surface area contributed by atoms with E-state index in [0.29, 0.717) is 31.5 Å². The van der Waals surface area contributed by atoms with Gasteiger partial charge in [-0.25, -0.2) is 4.39 Å². The highest BCUT2D eigenvalue weighted by Crippen LogP contribution is 2.52. The van der Waals surface area contributed by atoms with E-state index in [2.05, 4.69) is 10.2 Å². The zero-order valence-corrected chi connectivity index (χ0v) is 14.5. The Balaban J connectivity index is 1.92. The SMILES string of the molecule is CC(C)(O)CN(CC1CCN1)C1(c2ccc(F)c(C(F)(F)F)c2)CC1. The maximum Gasteiger partial charge on any atom is 0.419 e. The first-order valence-corrected chi connectivity index (χ1v) is 8.59. The Labute approximate surface area is 145 Å². The van der Waals surface area contributed by atoms with E-state index in [1.807, 2.05) is 0 Å². The van der Waals surface area contributed by atoms with Crippen molar-refractivity contribution in [3.8, 4) is 0 Å². The van der Waals surface area contributed by atoms with Crippen molar-refractivity contribution in [1.29, 1.82) is 0 Å². The van der Waals surface area contributed by atoms with E-state index in [9.17, 15) is 22.7 Å². The number of hydrogen-bond donors (Lipinski definition) is 2. The number of aliphatic hydroxyl groups is 1. The fourth-order valence-corrected chi connectivity index (χ4v) is 3.57. The molecule has 0 amide bonds. The summed E-state index contributed by atoms with van der Waals surface area (Å²) in [7, 11) is 0. The molecule has 7 heteroatoms. The summed E-state index contributed by atoms with van der Waals surface area (Å²) in [5, 5.41) is 13.6. The van der Waals surface area contributed by atoms with Gasteiger partial charge in [0.1, 0.15) is 5.82 Å². The molecule has 3 nitrogen and oxygen atoms in total. The van der Waals surface area contributed by atoms with Crippen LogP contribution in [0.5, 0.6) is 0 Å². The van der Waals surface area contributed by atoms with Crippen LogP contribution in [0, 0.1) is 5.82 Å². The van der Waals surface area contributed by atoms with Crippen LogP contribution >= 0.6 is 0 Å². The molecule has 1 aromatic carbocycles. The maximum absolute atomic E-state index is 13.6. The van der Waals surface area contributed by atoms with E-state index in [0.717, 1.165) is 25.1 Å². The number of rotatable bonds is 6. The van der Waals surface area contributed by atoms with Crippen molar-refractivity contribution in [3.05, 3.63) is 35.1 Å². The average Bonchev–Trinajstić information content (AvgIpc) is 3.21. The summed E-state index contributed by atoms with van der Waals surface area (Å²) in [5.74, 6) is -1.25. The second-order valence-electron chi connectivity index (χ2n) is 7.86. The lowest BCUT2D eigenvalue weighted by Crippen LogP contribution is -2.55. The van der Waals surface area contributed by atoms with E-state index in [1.165, 1.54) is 6.07 Å². The topological polar surface area (TPSA) is 35.5 Å². The summed E-state index contributed by atoms with van der Waals surface area (Å²) < 4.78 is 52.9. The van der Waals surface area contributed by atoms with Gasteiger partial charge in [-0.3, -0.25) is 4.90 Å². The van der Waals surface area contributed by atoms with Gasteiger partial charge in [0.15, 0.2) is 0 Å². The Hall–Kier alpha value is -1.18. The largest absolute Gasteiger partial charge is 0.419 e. The van der Waals surface area contributed by atoms with Gasteiger partial charge in [-0.1, -0.05) is 6.07 Å². The van der Waals surface area contributed by atoms with Crippen molar-refractivity contribution in [2.24, 2.45) is 0 Å². The molecule has 1 aliphatic carbocycles. The molecule has 1 saturated carbocycles. The molecule has 1 saturated heterocycles. The third-order valence-electron chi connectivity index (χ3n) is 5.08. The van der Waals surface area contributed by atoms with Crippen LogP contribution in [0.2, 0.25) is 0 Å². The van der Waals surface area contributed by atoms with E-state index in [4.69, 9.17) is 0 Å². The summed E-state index contributed by atoms with van der Waals surface area (Å²) in [6, 6.07) is 3.57. The fraction of sp³-hybridized carbons (Fsp3) is 0.667. The molecule has 2 aliphatic rings. The van der Waals surface area contributed by atoms with Gasteiger partial charge in [0.2, 0.25) is 0 Å². The number of benzene rings is 1. The van der Waals surface area contributed by atoms with E-state index in [-0.39, 0.29) is 6.04 Å². The molecule has 2 N–H and O–H groups in total. The van der Waals surface area contributed by atoms with Gasteiger partial charge in [-0.05, 0) is 57.4 Å². The van der Waals surface area contributed by atoms with Crippen LogP contribution in [0.4, 0.5) is 17.6 Å². The standard InChI is InChI=1S/C18H24F4N2O/c1-16(2,25)11-24(10-13-5-8-23-13)17(6-7-17)12-3-4-15(19)14(9-12)18(20,21)22/h3-4,9,13,23,25H,5-8,10-11H2,1-2H3. The van der Waals surface area contributed by atoms with E-state index in [1.54, 1.807) is 13.8 Å². The molecule has 140 valence electrons. The van der Waals surface area contributed by atoms with Crippen molar-refractivity contribution in [1.82, 2.24) is 10.2 Å². The molecule has 2 fully saturated rings. The third kappa shape index (κ3) is 3.99. The predicted octanol–water partition coefficient (Wildman–Crippen LogP) is 3.27. The molecular formula is C18H24F4N2O. The molecule has 1 unspecified atom stereocenters. The summed E-state index contributed by atoms with van der Waals surface area (Å²) in [4.78, 5) is 2.07. The second kappa shape index (κ2) is 6.21. The lowest BCUT2D eigenvalue weighted by Gasteiger charge is -2.41. The van der Waals surface area contributed by atoms with E-state index >= 15 is 0 Å². The molecule has 3 rings (SSSR count). The Kier molecular flexibility index (Phi) is 4.62.